The van der Waals surface area contributed by atoms with Gasteiger partial charge in [0.05, 0.1) is 25.9 Å². The molecule has 33 heavy (non-hydrogen) atoms. The number of ketones is 2. The van der Waals surface area contributed by atoms with Gasteiger partial charge in [-0.25, -0.2) is 0 Å². The lowest BCUT2D eigenvalue weighted by Gasteiger charge is -2.43. The molecule has 6 nitrogen and oxygen atoms in total. The fraction of sp³-hybridized carbons (Fsp3) is 0.926. The van der Waals surface area contributed by atoms with Gasteiger partial charge in [-0.3, -0.25) is 19.4 Å². The first kappa shape index (κ1) is 25.3. The third kappa shape index (κ3) is 6.06. The first-order chi connectivity index (χ1) is 15.9. The van der Waals surface area contributed by atoms with Crippen LogP contribution in [-0.2, 0) is 19.1 Å². The second-order valence-corrected chi connectivity index (χ2v) is 11.5. The third-order valence-electron chi connectivity index (χ3n) is 9.08. The molecule has 2 atom stereocenters. The summed E-state index contributed by atoms with van der Waals surface area (Å²) in [5.41, 5.74) is -0.334. The van der Waals surface area contributed by atoms with Crippen molar-refractivity contribution in [3.63, 3.8) is 0 Å². The molecule has 2 saturated carbocycles. The molecule has 2 saturated heterocycles. The van der Waals surface area contributed by atoms with Crippen LogP contribution in [0.5, 0.6) is 0 Å². The fourth-order valence-corrected chi connectivity index (χ4v) is 7.09. The lowest BCUT2D eigenvalue weighted by atomic mass is 9.67. The highest BCUT2D eigenvalue weighted by Gasteiger charge is 2.44. The highest BCUT2D eigenvalue weighted by atomic mass is 16.5. The van der Waals surface area contributed by atoms with Crippen LogP contribution >= 0.6 is 0 Å². The minimum atomic E-state index is -0.189. The molecular formula is C27H46N2O4. The summed E-state index contributed by atoms with van der Waals surface area (Å²) in [6.45, 7) is 11.6. The molecule has 0 aromatic heterocycles. The second-order valence-electron chi connectivity index (χ2n) is 11.5. The van der Waals surface area contributed by atoms with E-state index in [0.29, 0.717) is 18.2 Å². The molecule has 2 heterocycles. The Balaban J connectivity index is 1.35. The Hall–Kier alpha value is -0.820. The predicted octanol–water partition coefficient (Wildman–Crippen LogP) is 3.71. The summed E-state index contributed by atoms with van der Waals surface area (Å²) in [5.74, 6) is 0.835. The van der Waals surface area contributed by atoms with Crippen LogP contribution in [0.3, 0.4) is 0 Å². The van der Waals surface area contributed by atoms with E-state index in [0.717, 1.165) is 84.6 Å². The molecule has 4 fully saturated rings. The van der Waals surface area contributed by atoms with Crippen molar-refractivity contribution in [2.24, 2.45) is 16.7 Å². The van der Waals surface area contributed by atoms with Gasteiger partial charge in [0.15, 0.2) is 0 Å². The maximum Gasteiger partial charge on any atom is 0.143 e. The molecule has 4 rings (SSSR count). The van der Waals surface area contributed by atoms with Crippen molar-refractivity contribution in [3.05, 3.63) is 0 Å². The van der Waals surface area contributed by atoms with Crippen molar-refractivity contribution in [2.45, 2.75) is 84.2 Å². The smallest absolute Gasteiger partial charge is 0.143 e. The van der Waals surface area contributed by atoms with E-state index in [1.165, 1.54) is 32.1 Å². The topological polar surface area (TPSA) is 59.1 Å². The fourth-order valence-electron chi connectivity index (χ4n) is 7.09. The lowest BCUT2D eigenvalue weighted by Crippen LogP contribution is -2.51. The molecule has 0 aromatic rings. The summed E-state index contributed by atoms with van der Waals surface area (Å²) in [6.07, 6.45) is 11.0. The molecule has 0 radical (unpaired) electrons. The summed E-state index contributed by atoms with van der Waals surface area (Å²) in [4.78, 5) is 31.3. The number of ether oxygens (including phenoxy) is 2. The van der Waals surface area contributed by atoms with Crippen molar-refractivity contribution in [1.82, 2.24) is 9.80 Å². The Labute approximate surface area is 200 Å². The van der Waals surface area contributed by atoms with Gasteiger partial charge in [-0.2, -0.15) is 0 Å². The minimum absolute atomic E-state index is 0.0161. The molecule has 2 unspecified atom stereocenters. The molecule has 0 amide bonds. The molecular weight excluding hydrogens is 416 g/mol. The number of morpholine rings is 2. The van der Waals surface area contributed by atoms with Crippen LogP contribution in [0.1, 0.15) is 78.1 Å². The molecule has 0 N–H and O–H groups in total. The van der Waals surface area contributed by atoms with Crippen LogP contribution in [0.2, 0.25) is 0 Å². The largest absolute Gasteiger partial charge is 0.379 e. The van der Waals surface area contributed by atoms with Gasteiger partial charge in [0.2, 0.25) is 0 Å². The maximum atomic E-state index is 13.9. The van der Waals surface area contributed by atoms with Crippen LogP contribution in [-0.4, -0.2) is 86.6 Å². The van der Waals surface area contributed by atoms with Crippen LogP contribution < -0.4 is 0 Å². The molecule has 0 spiro atoms. The molecule has 2 aliphatic carbocycles. The predicted molar refractivity (Wildman–Crippen MR) is 129 cm³/mol. The summed E-state index contributed by atoms with van der Waals surface area (Å²) in [7, 11) is 0. The van der Waals surface area contributed by atoms with E-state index in [1.54, 1.807) is 6.92 Å². The molecule has 0 bridgehead atoms. The van der Waals surface area contributed by atoms with E-state index >= 15 is 0 Å². The molecule has 188 valence electrons. The van der Waals surface area contributed by atoms with Crippen LogP contribution in [0, 0.1) is 16.7 Å². The Bertz CT molecular complexity index is 663. The Kier molecular flexibility index (Phi) is 8.64. The van der Waals surface area contributed by atoms with Gasteiger partial charge in [-0.05, 0) is 39.0 Å². The Morgan fingerprint density at radius 1 is 0.848 bits per heavy atom. The van der Waals surface area contributed by atoms with E-state index in [4.69, 9.17) is 9.47 Å². The van der Waals surface area contributed by atoms with E-state index in [-0.39, 0.29) is 22.9 Å². The zero-order valence-corrected chi connectivity index (χ0v) is 21.1. The number of nitrogens with zero attached hydrogens (tertiary/aromatic N) is 2. The van der Waals surface area contributed by atoms with E-state index in [1.807, 2.05) is 0 Å². The van der Waals surface area contributed by atoms with Gasteiger partial charge in [0.1, 0.15) is 11.6 Å². The van der Waals surface area contributed by atoms with Crippen LogP contribution in [0.4, 0.5) is 0 Å². The number of rotatable bonds is 9. The average Bonchev–Trinajstić information content (AvgIpc) is 3.30. The van der Waals surface area contributed by atoms with Gasteiger partial charge >= 0.3 is 0 Å². The van der Waals surface area contributed by atoms with Gasteiger partial charge in [0, 0.05) is 56.0 Å². The second kappa shape index (κ2) is 11.3. The van der Waals surface area contributed by atoms with E-state index < -0.39 is 0 Å². The highest BCUT2D eigenvalue weighted by molar-refractivity contribution is 5.87. The minimum Gasteiger partial charge on any atom is -0.379 e. The van der Waals surface area contributed by atoms with Gasteiger partial charge in [0.25, 0.3) is 0 Å². The van der Waals surface area contributed by atoms with Crippen LogP contribution in [0.15, 0.2) is 0 Å². The summed E-state index contributed by atoms with van der Waals surface area (Å²) < 4.78 is 11.7. The number of carbonyl (C=O) groups excluding carboxylic acids is 2. The van der Waals surface area contributed by atoms with E-state index in [2.05, 4.69) is 16.7 Å². The van der Waals surface area contributed by atoms with Crippen molar-refractivity contribution < 1.29 is 19.1 Å². The lowest BCUT2D eigenvalue weighted by molar-refractivity contribution is -0.139. The third-order valence-corrected chi connectivity index (χ3v) is 9.08. The molecule has 4 aliphatic rings. The number of Topliss-reactive ketones (excluding diaryl/α,β-unsaturated/α-hetero) is 2. The van der Waals surface area contributed by atoms with Crippen molar-refractivity contribution >= 4 is 11.6 Å². The number of hydrogen-bond donors (Lipinski definition) is 0. The zero-order valence-electron chi connectivity index (χ0n) is 21.1. The summed E-state index contributed by atoms with van der Waals surface area (Å²) in [6, 6.07) is 0. The van der Waals surface area contributed by atoms with E-state index in [9.17, 15) is 9.59 Å². The first-order valence-electron chi connectivity index (χ1n) is 13.6. The van der Waals surface area contributed by atoms with Gasteiger partial charge in [-0.15, -0.1) is 0 Å². The molecule has 6 heteroatoms. The van der Waals surface area contributed by atoms with Crippen molar-refractivity contribution in [1.29, 1.82) is 0 Å². The highest BCUT2D eigenvalue weighted by Crippen LogP contribution is 2.42. The normalized spacial score (nSPS) is 29.6. The van der Waals surface area contributed by atoms with Crippen LogP contribution in [0.25, 0.3) is 0 Å². The van der Waals surface area contributed by atoms with Crippen molar-refractivity contribution in [3.8, 4) is 0 Å². The Morgan fingerprint density at radius 2 is 1.42 bits per heavy atom. The van der Waals surface area contributed by atoms with Crippen molar-refractivity contribution in [2.75, 3.05) is 59.1 Å². The summed E-state index contributed by atoms with van der Waals surface area (Å²) in [5, 5.41) is 0. The maximum absolute atomic E-state index is 13.9. The molecule has 0 aromatic carbocycles. The standard InChI is InChI=1S/C27H46N2O4/c1-22(25(31)27(10-4-3-5-11-27)21-28-12-15-32-16-13-28)18-24-19-29(14-17-33-24)20-26(23(2)30)8-6-7-9-26/h22,24H,3-21H2,1-2H3. The SMILES string of the molecule is CC(=O)C1(CN2CCOC(CC(C)C(=O)C3(CN4CCOCC4)CCCCC3)C2)CCCC1. The van der Waals surface area contributed by atoms with Gasteiger partial charge < -0.3 is 9.47 Å². The average molecular weight is 463 g/mol. The van der Waals surface area contributed by atoms with Gasteiger partial charge in [-0.1, -0.05) is 39.0 Å². The number of hydrogen-bond acceptors (Lipinski definition) is 6. The molecule has 2 aliphatic heterocycles. The summed E-state index contributed by atoms with van der Waals surface area (Å²) >= 11 is 0. The zero-order chi connectivity index (χ0) is 23.3. The quantitative estimate of drug-likeness (QED) is 0.521. The first-order valence-corrected chi connectivity index (χ1v) is 13.6. The monoisotopic (exact) mass is 462 g/mol. The number of carbonyl (C=O) groups is 2. The Morgan fingerprint density at radius 3 is 2.09 bits per heavy atom.